The molecule has 1 aromatic carbocycles. The zero-order valence-corrected chi connectivity index (χ0v) is 16.4. The van der Waals surface area contributed by atoms with Crippen molar-refractivity contribution in [2.75, 3.05) is 0 Å². The van der Waals surface area contributed by atoms with Crippen LogP contribution in [0.1, 0.15) is 64.4 Å². The van der Waals surface area contributed by atoms with E-state index in [2.05, 4.69) is 17.6 Å². The average molecular weight is 376 g/mol. The molecule has 0 fully saturated rings. The molecular formula is C21H32N2O4. The van der Waals surface area contributed by atoms with Gasteiger partial charge in [0, 0.05) is 13.3 Å². The summed E-state index contributed by atoms with van der Waals surface area (Å²) in [4.78, 5) is 35.5. The summed E-state index contributed by atoms with van der Waals surface area (Å²) in [5, 5.41) is 14.6. The van der Waals surface area contributed by atoms with E-state index < -0.39 is 24.0 Å². The van der Waals surface area contributed by atoms with E-state index in [-0.39, 0.29) is 5.91 Å². The van der Waals surface area contributed by atoms with Gasteiger partial charge >= 0.3 is 5.97 Å². The Morgan fingerprint density at radius 3 is 2.15 bits per heavy atom. The Labute approximate surface area is 161 Å². The molecule has 0 saturated heterocycles. The van der Waals surface area contributed by atoms with Crippen LogP contribution in [0.25, 0.3) is 0 Å². The van der Waals surface area contributed by atoms with Gasteiger partial charge in [0.25, 0.3) is 0 Å². The quantitative estimate of drug-likeness (QED) is 0.461. The molecule has 0 spiro atoms. The minimum atomic E-state index is -1.04. The van der Waals surface area contributed by atoms with Crippen molar-refractivity contribution in [2.24, 2.45) is 0 Å². The third-order valence-electron chi connectivity index (χ3n) is 4.44. The van der Waals surface area contributed by atoms with Crippen LogP contribution in [0.5, 0.6) is 0 Å². The molecule has 2 amide bonds. The zero-order valence-electron chi connectivity index (χ0n) is 16.4. The minimum absolute atomic E-state index is 0.315. The number of nitrogens with one attached hydrogen (secondary N) is 2. The number of rotatable bonds is 13. The molecule has 0 radical (unpaired) electrons. The number of carbonyl (C=O) groups excluding carboxylic acids is 2. The van der Waals surface area contributed by atoms with Gasteiger partial charge in [0.1, 0.15) is 12.1 Å². The summed E-state index contributed by atoms with van der Waals surface area (Å²) in [5.74, 6) is -1.83. The number of carboxylic acids is 1. The summed E-state index contributed by atoms with van der Waals surface area (Å²) in [6, 6.07) is 7.60. The largest absolute Gasteiger partial charge is 0.480 e. The number of benzene rings is 1. The van der Waals surface area contributed by atoms with Gasteiger partial charge in [-0.25, -0.2) is 4.79 Å². The van der Waals surface area contributed by atoms with E-state index in [0.29, 0.717) is 12.8 Å². The van der Waals surface area contributed by atoms with Gasteiger partial charge in [-0.1, -0.05) is 75.8 Å². The Morgan fingerprint density at radius 2 is 1.56 bits per heavy atom. The van der Waals surface area contributed by atoms with Gasteiger partial charge in [0.05, 0.1) is 0 Å². The second-order valence-electron chi connectivity index (χ2n) is 6.90. The zero-order chi connectivity index (χ0) is 20.1. The van der Waals surface area contributed by atoms with Crippen molar-refractivity contribution in [3.05, 3.63) is 35.9 Å². The lowest BCUT2D eigenvalue weighted by atomic mass is 10.0. The Kier molecular flexibility index (Phi) is 10.8. The minimum Gasteiger partial charge on any atom is -0.480 e. The van der Waals surface area contributed by atoms with E-state index in [4.69, 9.17) is 0 Å². The van der Waals surface area contributed by atoms with E-state index in [9.17, 15) is 19.5 Å². The third-order valence-corrected chi connectivity index (χ3v) is 4.44. The number of amides is 2. The molecule has 6 heteroatoms. The van der Waals surface area contributed by atoms with Gasteiger partial charge in [-0.15, -0.1) is 0 Å². The van der Waals surface area contributed by atoms with Gasteiger partial charge < -0.3 is 15.7 Å². The van der Waals surface area contributed by atoms with Crippen molar-refractivity contribution >= 4 is 17.8 Å². The topological polar surface area (TPSA) is 95.5 Å². The number of hydrogen-bond acceptors (Lipinski definition) is 3. The summed E-state index contributed by atoms with van der Waals surface area (Å²) >= 11 is 0. The van der Waals surface area contributed by atoms with Crippen LogP contribution < -0.4 is 10.6 Å². The van der Waals surface area contributed by atoms with Crippen LogP contribution >= 0.6 is 0 Å². The Morgan fingerprint density at radius 1 is 0.926 bits per heavy atom. The molecule has 0 bridgehead atoms. The maximum Gasteiger partial charge on any atom is 0.326 e. The summed E-state index contributed by atoms with van der Waals surface area (Å²) in [6.45, 7) is 3.49. The number of carbonyl (C=O) groups is 3. The molecule has 150 valence electrons. The number of carboxylic acid groups (broad SMARTS) is 1. The lowest BCUT2D eigenvalue weighted by Gasteiger charge is -2.21. The molecule has 0 aliphatic rings. The number of aliphatic carboxylic acids is 1. The molecule has 3 N–H and O–H groups in total. The van der Waals surface area contributed by atoms with Gasteiger partial charge in [-0.2, -0.15) is 0 Å². The first-order chi connectivity index (χ1) is 12.9. The highest BCUT2D eigenvalue weighted by atomic mass is 16.4. The first-order valence-electron chi connectivity index (χ1n) is 9.78. The molecule has 0 heterocycles. The lowest BCUT2D eigenvalue weighted by Crippen LogP contribution is -2.52. The van der Waals surface area contributed by atoms with Crippen molar-refractivity contribution in [1.82, 2.24) is 10.6 Å². The standard InChI is InChI=1S/C21H32N2O4/c1-3-4-5-6-7-11-14-18(21(26)27)23-20(25)19(22-16(2)24)15-17-12-9-8-10-13-17/h8-10,12-13,18-19H,3-7,11,14-15H2,1-2H3,(H,22,24)(H,23,25)(H,26,27)/t18-,19-/m0/s1. The van der Waals surface area contributed by atoms with Crippen LogP contribution in [0.15, 0.2) is 30.3 Å². The van der Waals surface area contributed by atoms with Crippen LogP contribution in [0, 0.1) is 0 Å². The van der Waals surface area contributed by atoms with Crippen LogP contribution in [0.3, 0.4) is 0 Å². The normalized spacial score (nSPS) is 12.8. The van der Waals surface area contributed by atoms with E-state index in [1.807, 2.05) is 30.3 Å². The molecule has 6 nitrogen and oxygen atoms in total. The van der Waals surface area contributed by atoms with Crippen molar-refractivity contribution < 1.29 is 19.5 Å². The summed E-state index contributed by atoms with van der Waals surface area (Å²) in [7, 11) is 0. The van der Waals surface area contributed by atoms with E-state index in [0.717, 1.165) is 31.2 Å². The highest BCUT2D eigenvalue weighted by Gasteiger charge is 2.25. The fourth-order valence-corrected chi connectivity index (χ4v) is 2.96. The SMILES string of the molecule is CCCCCCCC[C@H](NC(=O)[C@H](Cc1ccccc1)NC(C)=O)C(=O)O. The van der Waals surface area contributed by atoms with Crippen LogP contribution in [0.2, 0.25) is 0 Å². The highest BCUT2D eigenvalue weighted by molar-refractivity contribution is 5.90. The van der Waals surface area contributed by atoms with E-state index >= 15 is 0 Å². The van der Waals surface area contributed by atoms with Gasteiger partial charge in [-0.05, 0) is 12.0 Å². The maximum atomic E-state index is 12.6. The molecule has 27 heavy (non-hydrogen) atoms. The third kappa shape index (κ3) is 9.78. The predicted molar refractivity (Wildman–Crippen MR) is 105 cm³/mol. The average Bonchev–Trinajstić information content (AvgIpc) is 2.63. The van der Waals surface area contributed by atoms with E-state index in [1.54, 1.807) is 0 Å². The van der Waals surface area contributed by atoms with Crippen molar-refractivity contribution in [3.8, 4) is 0 Å². The molecule has 0 aliphatic carbocycles. The van der Waals surface area contributed by atoms with Crippen LogP contribution in [-0.2, 0) is 20.8 Å². The van der Waals surface area contributed by atoms with Gasteiger partial charge in [0.2, 0.25) is 11.8 Å². The Bertz CT molecular complexity index is 589. The van der Waals surface area contributed by atoms with E-state index in [1.165, 1.54) is 19.8 Å². The molecule has 2 atom stereocenters. The molecule has 0 saturated carbocycles. The monoisotopic (exact) mass is 376 g/mol. The van der Waals surface area contributed by atoms with Crippen molar-refractivity contribution in [3.63, 3.8) is 0 Å². The highest BCUT2D eigenvalue weighted by Crippen LogP contribution is 2.10. The van der Waals surface area contributed by atoms with Crippen molar-refractivity contribution in [1.29, 1.82) is 0 Å². The maximum absolute atomic E-state index is 12.6. The summed E-state index contributed by atoms with van der Waals surface area (Å²) in [6.07, 6.45) is 7.01. The second-order valence-corrected chi connectivity index (χ2v) is 6.90. The summed E-state index contributed by atoms with van der Waals surface area (Å²) < 4.78 is 0. The number of hydrogen-bond donors (Lipinski definition) is 3. The predicted octanol–water partition coefficient (Wildman–Crippen LogP) is 3.05. The smallest absolute Gasteiger partial charge is 0.326 e. The van der Waals surface area contributed by atoms with Crippen molar-refractivity contribution in [2.45, 2.75) is 77.3 Å². The van der Waals surface area contributed by atoms with Crippen LogP contribution in [0.4, 0.5) is 0 Å². The second kappa shape index (κ2) is 12.9. The fraction of sp³-hybridized carbons (Fsp3) is 0.571. The van der Waals surface area contributed by atoms with Gasteiger partial charge in [0.15, 0.2) is 0 Å². The molecule has 0 unspecified atom stereocenters. The fourth-order valence-electron chi connectivity index (χ4n) is 2.96. The Balaban J connectivity index is 2.60. The molecule has 1 rings (SSSR count). The molecule has 0 aromatic heterocycles. The molecule has 1 aromatic rings. The molecule has 0 aliphatic heterocycles. The first-order valence-corrected chi connectivity index (χ1v) is 9.78. The first kappa shape index (κ1) is 22.7. The Hall–Kier alpha value is -2.37. The van der Waals surface area contributed by atoms with Crippen LogP contribution in [-0.4, -0.2) is 35.0 Å². The summed E-state index contributed by atoms with van der Waals surface area (Å²) in [5.41, 5.74) is 0.897. The number of unbranched alkanes of at least 4 members (excludes halogenated alkanes) is 5. The lowest BCUT2D eigenvalue weighted by molar-refractivity contribution is -0.142. The van der Waals surface area contributed by atoms with Gasteiger partial charge in [-0.3, -0.25) is 9.59 Å². The molecular weight excluding hydrogens is 344 g/mol.